The second-order valence-electron chi connectivity index (χ2n) is 7.04. The predicted octanol–water partition coefficient (Wildman–Crippen LogP) is 2.51. The third-order valence-electron chi connectivity index (χ3n) is 5.11. The fourth-order valence-corrected chi connectivity index (χ4v) is 4.85. The van der Waals surface area contributed by atoms with E-state index in [4.69, 9.17) is 11.6 Å². The Balaban J connectivity index is 1.36. The SMILES string of the molecule is O=C(NCc1ccccc1Cl)c1ccc(CN2CC(=O)N3CSC[C@@H]3C2=O)cc1. The summed E-state index contributed by atoms with van der Waals surface area (Å²) in [6.07, 6.45) is 0. The Kier molecular flexibility index (Phi) is 5.78. The zero-order chi connectivity index (χ0) is 20.4. The van der Waals surface area contributed by atoms with Gasteiger partial charge in [-0.15, -0.1) is 11.8 Å². The van der Waals surface area contributed by atoms with Gasteiger partial charge >= 0.3 is 0 Å². The zero-order valence-corrected chi connectivity index (χ0v) is 17.2. The lowest BCUT2D eigenvalue weighted by atomic mass is 10.1. The van der Waals surface area contributed by atoms with E-state index in [9.17, 15) is 14.4 Å². The number of hydrogen-bond acceptors (Lipinski definition) is 4. The molecular weight excluding hydrogens is 410 g/mol. The number of piperazine rings is 1. The first-order valence-electron chi connectivity index (χ1n) is 9.29. The average molecular weight is 430 g/mol. The molecule has 0 unspecified atom stereocenters. The zero-order valence-electron chi connectivity index (χ0n) is 15.6. The van der Waals surface area contributed by atoms with Crippen LogP contribution in [0.4, 0.5) is 0 Å². The summed E-state index contributed by atoms with van der Waals surface area (Å²) in [5.41, 5.74) is 2.26. The van der Waals surface area contributed by atoms with E-state index in [0.717, 1.165) is 11.1 Å². The number of nitrogens with one attached hydrogen (secondary N) is 1. The van der Waals surface area contributed by atoms with E-state index in [0.29, 0.717) is 35.3 Å². The molecular formula is C21H20ClN3O3S. The van der Waals surface area contributed by atoms with Gasteiger partial charge in [-0.1, -0.05) is 41.9 Å². The molecule has 6 nitrogen and oxygen atoms in total. The van der Waals surface area contributed by atoms with E-state index < -0.39 is 0 Å². The summed E-state index contributed by atoms with van der Waals surface area (Å²) in [6.45, 7) is 0.817. The maximum atomic E-state index is 12.6. The Bertz CT molecular complexity index is 950. The number of hydrogen-bond donors (Lipinski definition) is 1. The van der Waals surface area contributed by atoms with Crippen molar-refractivity contribution in [2.45, 2.75) is 19.1 Å². The van der Waals surface area contributed by atoms with E-state index >= 15 is 0 Å². The molecule has 1 N–H and O–H groups in total. The van der Waals surface area contributed by atoms with Gasteiger partial charge in [-0.3, -0.25) is 14.4 Å². The third-order valence-corrected chi connectivity index (χ3v) is 6.49. The molecule has 2 heterocycles. The molecule has 2 aliphatic heterocycles. The normalized spacial score (nSPS) is 18.7. The maximum absolute atomic E-state index is 12.6. The quantitative estimate of drug-likeness (QED) is 0.792. The van der Waals surface area contributed by atoms with Crippen molar-refractivity contribution in [2.75, 3.05) is 18.2 Å². The van der Waals surface area contributed by atoms with Gasteiger partial charge in [0.05, 0.1) is 5.88 Å². The second kappa shape index (κ2) is 8.47. The number of rotatable bonds is 5. The molecule has 0 spiro atoms. The number of carbonyl (C=O) groups is 3. The fourth-order valence-electron chi connectivity index (χ4n) is 3.47. The molecule has 2 saturated heterocycles. The molecule has 150 valence electrons. The Morgan fingerprint density at radius 2 is 1.90 bits per heavy atom. The van der Waals surface area contributed by atoms with Gasteiger partial charge in [0.15, 0.2) is 0 Å². The van der Waals surface area contributed by atoms with Crippen molar-refractivity contribution in [1.82, 2.24) is 15.1 Å². The topological polar surface area (TPSA) is 69.7 Å². The lowest BCUT2D eigenvalue weighted by Gasteiger charge is -2.35. The molecule has 29 heavy (non-hydrogen) atoms. The number of nitrogens with zero attached hydrogens (tertiary/aromatic N) is 2. The van der Waals surface area contributed by atoms with Crippen LogP contribution < -0.4 is 5.32 Å². The highest BCUT2D eigenvalue weighted by atomic mass is 35.5. The molecule has 2 aromatic rings. The van der Waals surface area contributed by atoms with E-state index in [1.165, 1.54) is 0 Å². The number of amides is 3. The van der Waals surface area contributed by atoms with Gasteiger partial charge in [0, 0.05) is 29.4 Å². The standard InChI is InChI=1S/C21H20ClN3O3S/c22-17-4-2-1-3-16(17)9-23-20(27)15-7-5-14(6-8-15)10-24-11-19(26)25-13-29-12-18(25)21(24)28/h1-8,18H,9-13H2,(H,23,27)/t18-/m1/s1. The summed E-state index contributed by atoms with van der Waals surface area (Å²) in [7, 11) is 0. The highest BCUT2D eigenvalue weighted by molar-refractivity contribution is 7.99. The van der Waals surface area contributed by atoms with Crippen LogP contribution in [0.5, 0.6) is 0 Å². The minimum atomic E-state index is -0.337. The van der Waals surface area contributed by atoms with Crippen molar-refractivity contribution in [2.24, 2.45) is 0 Å². The first kappa shape index (κ1) is 19.8. The molecule has 0 aliphatic carbocycles. The van der Waals surface area contributed by atoms with E-state index in [2.05, 4.69) is 5.32 Å². The van der Waals surface area contributed by atoms with Crippen LogP contribution in [0, 0.1) is 0 Å². The Morgan fingerprint density at radius 3 is 2.66 bits per heavy atom. The molecule has 0 radical (unpaired) electrons. The summed E-state index contributed by atoms with van der Waals surface area (Å²) in [5, 5.41) is 3.47. The van der Waals surface area contributed by atoms with Gasteiger partial charge in [-0.2, -0.15) is 0 Å². The van der Waals surface area contributed by atoms with Crippen molar-refractivity contribution in [3.8, 4) is 0 Å². The molecule has 8 heteroatoms. The van der Waals surface area contributed by atoms with Gasteiger partial charge in [0.2, 0.25) is 11.8 Å². The number of benzene rings is 2. The van der Waals surface area contributed by atoms with Crippen LogP contribution in [-0.2, 0) is 22.7 Å². The van der Waals surface area contributed by atoms with Gasteiger partial charge in [0.25, 0.3) is 5.91 Å². The van der Waals surface area contributed by atoms with E-state index in [1.54, 1.807) is 39.8 Å². The fraction of sp³-hybridized carbons (Fsp3) is 0.286. The number of halogens is 1. The van der Waals surface area contributed by atoms with Crippen LogP contribution in [-0.4, -0.2) is 51.7 Å². The number of thioether (sulfide) groups is 1. The van der Waals surface area contributed by atoms with Crippen LogP contribution in [0.2, 0.25) is 5.02 Å². The second-order valence-corrected chi connectivity index (χ2v) is 8.45. The van der Waals surface area contributed by atoms with Gasteiger partial charge in [-0.05, 0) is 29.3 Å². The van der Waals surface area contributed by atoms with Crippen LogP contribution >= 0.6 is 23.4 Å². The molecule has 4 rings (SSSR count). The lowest BCUT2D eigenvalue weighted by molar-refractivity contribution is -0.153. The Morgan fingerprint density at radius 1 is 1.14 bits per heavy atom. The summed E-state index contributed by atoms with van der Waals surface area (Å²) < 4.78 is 0. The smallest absolute Gasteiger partial charge is 0.251 e. The average Bonchev–Trinajstić information content (AvgIpc) is 3.22. The van der Waals surface area contributed by atoms with Gasteiger partial charge in [0.1, 0.15) is 12.6 Å². The first-order chi connectivity index (χ1) is 14.0. The Labute approximate surface area is 178 Å². The van der Waals surface area contributed by atoms with Gasteiger partial charge < -0.3 is 15.1 Å². The molecule has 2 aromatic carbocycles. The molecule has 2 aliphatic rings. The minimum absolute atomic E-state index is 0.00356. The number of fused-ring (bicyclic) bond motifs is 1. The van der Waals surface area contributed by atoms with Crippen molar-refractivity contribution in [3.63, 3.8) is 0 Å². The van der Waals surface area contributed by atoms with Crippen LogP contribution in [0.1, 0.15) is 21.5 Å². The number of carbonyl (C=O) groups excluding carboxylic acids is 3. The Hall–Kier alpha value is -2.51. The van der Waals surface area contributed by atoms with E-state index in [1.807, 2.05) is 30.3 Å². The monoisotopic (exact) mass is 429 g/mol. The van der Waals surface area contributed by atoms with Crippen molar-refractivity contribution in [3.05, 3.63) is 70.2 Å². The highest BCUT2D eigenvalue weighted by Crippen LogP contribution is 2.26. The largest absolute Gasteiger partial charge is 0.348 e. The summed E-state index contributed by atoms with van der Waals surface area (Å²) in [6, 6.07) is 14.1. The summed E-state index contributed by atoms with van der Waals surface area (Å²) in [4.78, 5) is 40.5. The van der Waals surface area contributed by atoms with Gasteiger partial charge in [-0.25, -0.2) is 0 Å². The predicted molar refractivity (Wildman–Crippen MR) is 112 cm³/mol. The molecule has 1 atom stereocenters. The van der Waals surface area contributed by atoms with Crippen LogP contribution in [0.3, 0.4) is 0 Å². The van der Waals surface area contributed by atoms with E-state index in [-0.39, 0.29) is 30.3 Å². The molecule has 0 bridgehead atoms. The minimum Gasteiger partial charge on any atom is -0.348 e. The molecule has 2 fully saturated rings. The molecule has 0 saturated carbocycles. The summed E-state index contributed by atoms with van der Waals surface area (Å²) in [5.74, 6) is 1.05. The van der Waals surface area contributed by atoms with Crippen molar-refractivity contribution < 1.29 is 14.4 Å². The maximum Gasteiger partial charge on any atom is 0.251 e. The third kappa shape index (κ3) is 4.26. The molecule has 0 aromatic heterocycles. The first-order valence-corrected chi connectivity index (χ1v) is 10.8. The van der Waals surface area contributed by atoms with Crippen LogP contribution in [0.25, 0.3) is 0 Å². The molecule has 3 amide bonds. The highest BCUT2D eigenvalue weighted by Gasteiger charge is 2.42. The van der Waals surface area contributed by atoms with Crippen molar-refractivity contribution in [1.29, 1.82) is 0 Å². The van der Waals surface area contributed by atoms with Crippen molar-refractivity contribution >= 4 is 41.1 Å². The lowest BCUT2D eigenvalue weighted by Crippen LogP contribution is -2.57. The van der Waals surface area contributed by atoms with Crippen LogP contribution in [0.15, 0.2) is 48.5 Å². The summed E-state index contributed by atoms with van der Waals surface area (Å²) >= 11 is 7.72.